The van der Waals surface area contributed by atoms with E-state index >= 15 is 0 Å². The molecule has 6 heteroatoms. The molecular weight excluding hydrogens is 284 g/mol. The molecule has 6 nitrogen and oxygen atoms in total. The molecular formula is C16H22N2O4. The Bertz CT molecular complexity index is 600. The van der Waals surface area contributed by atoms with Crippen molar-refractivity contribution >= 4 is 11.9 Å². The van der Waals surface area contributed by atoms with Crippen LogP contribution in [-0.2, 0) is 9.53 Å². The maximum absolute atomic E-state index is 12.4. The number of pyridine rings is 1. The van der Waals surface area contributed by atoms with Gasteiger partial charge in [0.15, 0.2) is 0 Å². The van der Waals surface area contributed by atoms with Crippen LogP contribution in [0.4, 0.5) is 0 Å². The predicted octanol–water partition coefficient (Wildman–Crippen LogP) is 1.78. The van der Waals surface area contributed by atoms with Crippen LogP contribution in [0.25, 0.3) is 0 Å². The molecule has 0 bridgehead atoms. The van der Waals surface area contributed by atoms with Crippen LogP contribution in [0, 0.1) is 12.3 Å². The van der Waals surface area contributed by atoms with Gasteiger partial charge in [0.05, 0.1) is 6.10 Å². The standard InChI is InChI=1S/C16H22N2O4/c1-5-22-12-9-16(14(20)21,15(12,3)4)18-13(19)11-8-6-7-10(2)17-11/h6-8,12H,5,9H2,1-4H3,(H,18,19)(H,20,21)/t12-,16-/m1/s1. The quantitative estimate of drug-likeness (QED) is 0.865. The molecule has 1 aliphatic carbocycles. The molecule has 1 amide bonds. The molecule has 120 valence electrons. The molecule has 1 heterocycles. The second kappa shape index (κ2) is 5.68. The Morgan fingerprint density at radius 2 is 2.14 bits per heavy atom. The number of nitrogens with one attached hydrogen (secondary N) is 1. The molecule has 1 aliphatic rings. The lowest BCUT2D eigenvalue weighted by Crippen LogP contribution is -2.76. The molecule has 1 saturated carbocycles. The van der Waals surface area contributed by atoms with Gasteiger partial charge in [0.2, 0.25) is 0 Å². The number of amides is 1. The monoisotopic (exact) mass is 306 g/mol. The first-order chi connectivity index (χ1) is 10.2. The van der Waals surface area contributed by atoms with Crippen molar-refractivity contribution < 1.29 is 19.4 Å². The predicted molar refractivity (Wildman–Crippen MR) is 80.6 cm³/mol. The number of rotatable bonds is 5. The average Bonchev–Trinajstić information content (AvgIpc) is 2.45. The van der Waals surface area contributed by atoms with Gasteiger partial charge in [-0.1, -0.05) is 19.9 Å². The first kappa shape index (κ1) is 16.4. The van der Waals surface area contributed by atoms with Crippen molar-refractivity contribution in [1.82, 2.24) is 10.3 Å². The lowest BCUT2D eigenvalue weighted by atomic mass is 9.54. The number of aromatic nitrogens is 1. The lowest BCUT2D eigenvalue weighted by Gasteiger charge is -2.58. The fourth-order valence-corrected chi connectivity index (χ4v) is 2.96. The number of hydrogen-bond acceptors (Lipinski definition) is 4. The van der Waals surface area contributed by atoms with Gasteiger partial charge in [0, 0.05) is 24.1 Å². The van der Waals surface area contributed by atoms with Gasteiger partial charge in [-0.3, -0.25) is 4.79 Å². The molecule has 0 spiro atoms. The average molecular weight is 306 g/mol. The molecule has 0 unspecified atom stereocenters. The zero-order chi connectivity index (χ0) is 16.5. The van der Waals surface area contributed by atoms with Gasteiger partial charge in [-0.15, -0.1) is 0 Å². The number of ether oxygens (including phenoxy) is 1. The van der Waals surface area contributed by atoms with Crippen LogP contribution in [0.3, 0.4) is 0 Å². The molecule has 1 aromatic heterocycles. The maximum Gasteiger partial charge on any atom is 0.330 e. The zero-order valence-electron chi connectivity index (χ0n) is 13.3. The summed E-state index contributed by atoms with van der Waals surface area (Å²) in [6.07, 6.45) is 0.0557. The fraction of sp³-hybridized carbons (Fsp3) is 0.562. The minimum atomic E-state index is -1.34. The van der Waals surface area contributed by atoms with Crippen LogP contribution in [0.15, 0.2) is 18.2 Å². The van der Waals surface area contributed by atoms with Crippen LogP contribution < -0.4 is 5.32 Å². The SMILES string of the molecule is CCO[C@@H]1C[C@@](NC(=O)c2cccc(C)n2)(C(=O)O)C1(C)C. The molecule has 0 aliphatic heterocycles. The highest BCUT2D eigenvalue weighted by Crippen LogP contribution is 2.51. The van der Waals surface area contributed by atoms with E-state index in [4.69, 9.17) is 4.74 Å². The second-order valence-corrected chi connectivity index (χ2v) is 6.20. The van der Waals surface area contributed by atoms with Crippen molar-refractivity contribution in [3.8, 4) is 0 Å². The Hall–Kier alpha value is -1.95. The Labute approximate surface area is 129 Å². The molecule has 1 aromatic rings. The summed E-state index contributed by atoms with van der Waals surface area (Å²) in [4.78, 5) is 28.3. The van der Waals surface area contributed by atoms with Crippen molar-refractivity contribution in [2.45, 2.75) is 45.8 Å². The van der Waals surface area contributed by atoms with Crippen molar-refractivity contribution in [2.75, 3.05) is 6.61 Å². The number of carbonyl (C=O) groups excluding carboxylic acids is 1. The maximum atomic E-state index is 12.4. The van der Waals surface area contributed by atoms with Gasteiger partial charge < -0.3 is 15.2 Å². The van der Waals surface area contributed by atoms with Gasteiger partial charge in [-0.25, -0.2) is 9.78 Å². The largest absolute Gasteiger partial charge is 0.479 e. The Kier molecular flexibility index (Phi) is 4.24. The first-order valence-corrected chi connectivity index (χ1v) is 7.36. The van der Waals surface area contributed by atoms with E-state index in [-0.39, 0.29) is 18.2 Å². The van der Waals surface area contributed by atoms with Crippen LogP contribution in [0.1, 0.15) is 43.4 Å². The minimum Gasteiger partial charge on any atom is -0.479 e. The third-order valence-corrected chi connectivity index (χ3v) is 4.58. The van der Waals surface area contributed by atoms with Crippen molar-refractivity contribution in [3.05, 3.63) is 29.6 Å². The summed E-state index contributed by atoms with van der Waals surface area (Å²) in [5.74, 6) is -1.52. The van der Waals surface area contributed by atoms with Crippen molar-refractivity contribution in [1.29, 1.82) is 0 Å². The number of hydrogen-bond donors (Lipinski definition) is 2. The first-order valence-electron chi connectivity index (χ1n) is 7.36. The van der Waals surface area contributed by atoms with Crippen LogP contribution >= 0.6 is 0 Å². The Balaban J connectivity index is 2.24. The number of nitrogens with zero attached hydrogens (tertiary/aromatic N) is 1. The van der Waals surface area contributed by atoms with Crippen LogP contribution in [0.5, 0.6) is 0 Å². The molecule has 22 heavy (non-hydrogen) atoms. The van der Waals surface area contributed by atoms with E-state index in [1.165, 1.54) is 0 Å². The summed E-state index contributed by atoms with van der Waals surface area (Å²) in [7, 11) is 0. The Morgan fingerprint density at radius 1 is 1.45 bits per heavy atom. The van der Waals surface area contributed by atoms with E-state index in [0.29, 0.717) is 12.3 Å². The molecule has 2 atom stereocenters. The van der Waals surface area contributed by atoms with Gasteiger partial charge in [-0.2, -0.15) is 0 Å². The highest BCUT2D eigenvalue weighted by Gasteiger charge is 2.66. The number of carbonyl (C=O) groups is 2. The third kappa shape index (κ3) is 2.47. The van der Waals surface area contributed by atoms with E-state index in [9.17, 15) is 14.7 Å². The lowest BCUT2D eigenvalue weighted by molar-refractivity contribution is -0.190. The topological polar surface area (TPSA) is 88.5 Å². The molecule has 2 rings (SSSR count). The van der Waals surface area contributed by atoms with E-state index in [1.54, 1.807) is 39.0 Å². The zero-order valence-corrected chi connectivity index (χ0v) is 13.3. The third-order valence-electron chi connectivity index (χ3n) is 4.58. The molecule has 0 radical (unpaired) electrons. The van der Waals surface area contributed by atoms with E-state index in [1.807, 2.05) is 6.92 Å². The Morgan fingerprint density at radius 3 is 2.64 bits per heavy atom. The summed E-state index contributed by atoms with van der Waals surface area (Å²) in [5, 5.41) is 12.3. The van der Waals surface area contributed by atoms with Crippen molar-refractivity contribution in [2.24, 2.45) is 5.41 Å². The van der Waals surface area contributed by atoms with Gasteiger partial charge in [-0.05, 0) is 26.0 Å². The van der Waals surface area contributed by atoms with Gasteiger partial charge >= 0.3 is 5.97 Å². The summed E-state index contributed by atoms with van der Waals surface area (Å²) in [5.41, 5.74) is -1.11. The summed E-state index contributed by atoms with van der Waals surface area (Å²) in [6, 6.07) is 5.07. The smallest absolute Gasteiger partial charge is 0.330 e. The highest BCUT2D eigenvalue weighted by atomic mass is 16.5. The minimum absolute atomic E-state index is 0.195. The van der Waals surface area contributed by atoms with Crippen LogP contribution in [0.2, 0.25) is 0 Å². The summed E-state index contributed by atoms with van der Waals surface area (Å²) < 4.78 is 5.57. The van der Waals surface area contributed by atoms with Crippen molar-refractivity contribution in [3.63, 3.8) is 0 Å². The summed E-state index contributed by atoms with van der Waals surface area (Å²) >= 11 is 0. The normalized spacial score (nSPS) is 26.1. The molecule has 2 N–H and O–H groups in total. The number of aliphatic carboxylic acids is 1. The number of aryl methyl sites for hydroxylation is 1. The van der Waals surface area contributed by atoms with E-state index < -0.39 is 22.8 Å². The molecule has 1 fully saturated rings. The van der Waals surface area contributed by atoms with Gasteiger partial charge in [0.1, 0.15) is 11.2 Å². The molecule has 0 aromatic carbocycles. The molecule has 0 saturated heterocycles. The second-order valence-electron chi connectivity index (χ2n) is 6.20. The number of carboxylic acids is 1. The highest BCUT2D eigenvalue weighted by molar-refractivity contribution is 5.97. The van der Waals surface area contributed by atoms with E-state index in [2.05, 4.69) is 10.3 Å². The van der Waals surface area contributed by atoms with Crippen LogP contribution in [-0.4, -0.2) is 40.2 Å². The summed E-state index contributed by atoms with van der Waals surface area (Å²) in [6.45, 7) is 7.76. The van der Waals surface area contributed by atoms with E-state index in [0.717, 1.165) is 0 Å². The van der Waals surface area contributed by atoms with Gasteiger partial charge in [0.25, 0.3) is 5.91 Å². The fourth-order valence-electron chi connectivity index (χ4n) is 2.96. The number of carboxylic acid groups (broad SMARTS) is 1.